The molecule has 1 aliphatic heterocycles. The van der Waals surface area contributed by atoms with Crippen LogP contribution in [0.2, 0.25) is 0 Å². The van der Waals surface area contributed by atoms with Crippen LogP contribution in [0.1, 0.15) is 33.4 Å². The van der Waals surface area contributed by atoms with Gasteiger partial charge in [0.1, 0.15) is 0 Å². The highest BCUT2D eigenvalue weighted by Crippen LogP contribution is 2.29. The summed E-state index contributed by atoms with van der Waals surface area (Å²) in [5.74, 6) is 0.592. The Bertz CT molecular complexity index is 507. The first-order valence-corrected chi connectivity index (χ1v) is 7.82. The lowest BCUT2D eigenvalue weighted by atomic mass is 9.98. The van der Waals surface area contributed by atoms with E-state index in [1.807, 2.05) is 34.0 Å². The first-order chi connectivity index (χ1) is 8.84. The summed E-state index contributed by atoms with van der Waals surface area (Å²) in [6.45, 7) is 1.68. The summed E-state index contributed by atoms with van der Waals surface area (Å²) in [7, 11) is 0. The van der Waals surface area contributed by atoms with Crippen LogP contribution in [0.25, 0.3) is 0 Å². The molecule has 1 atom stereocenters. The topological polar surface area (TPSA) is 33.2 Å². The zero-order valence-corrected chi connectivity index (χ0v) is 11.5. The van der Waals surface area contributed by atoms with Gasteiger partial charge in [0.15, 0.2) is 0 Å². The predicted octanol–water partition coefficient (Wildman–Crippen LogP) is 3.22. The van der Waals surface area contributed by atoms with E-state index in [1.54, 1.807) is 11.3 Å². The molecule has 18 heavy (non-hydrogen) atoms. The Morgan fingerprint density at radius 1 is 1.39 bits per heavy atom. The quantitative estimate of drug-likeness (QED) is 0.845. The summed E-state index contributed by atoms with van der Waals surface area (Å²) >= 11 is 3.21. The molecule has 1 fully saturated rings. The number of nitrogens with zero attached hydrogens (tertiary/aromatic N) is 2. The Kier molecular flexibility index (Phi) is 3.43. The molecular weight excluding hydrogens is 264 g/mol. The Balaban J connectivity index is 1.73. The maximum absolute atomic E-state index is 12.3. The summed E-state index contributed by atoms with van der Waals surface area (Å²) in [6.07, 6.45) is 4.06. The molecule has 3 nitrogen and oxygen atoms in total. The number of carbonyl (C=O) groups is 1. The van der Waals surface area contributed by atoms with Crippen molar-refractivity contribution in [3.05, 3.63) is 39.0 Å². The molecule has 0 saturated carbocycles. The van der Waals surface area contributed by atoms with Gasteiger partial charge >= 0.3 is 0 Å². The van der Waals surface area contributed by atoms with Crippen LogP contribution in [-0.4, -0.2) is 28.9 Å². The zero-order valence-electron chi connectivity index (χ0n) is 9.91. The van der Waals surface area contributed by atoms with Crippen LogP contribution < -0.4 is 0 Å². The lowest BCUT2D eigenvalue weighted by Crippen LogP contribution is -2.38. The fraction of sp³-hybridized carbons (Fsp3) is 0.385. The van der Waals surface area contributed by atoms with E-state index in [-0.39, 0.29) is 5.91 Å². The number of carbonyl (C=O) groups excluding carboxylic acids is 1. The average molecular weight is 278 g/mol. The predicted molar refractivity (Wildman–Crippen MR) is 74.3 cm³/mol. The zero-order chi connectivity index (χ0) is 12.4. The van der Waals surface area contributed by atoms with Crippen LogP contribution in [0, 0.1) is 0 Å². The molecule has 94 valence electrons. The maximum Gasteiger partial charge on any atom is 0.263 e. The minimum absolute atomic E-state index is 0.172. The Hall–Kier alpha value is -1.20. The van der Waals surface area contributed by atoms with E-state index in [1.165, 1.54) is 16.3 Å². The second-order valence-electron chi connectivity index (χ2n) is 4.44. The lowest BCUT2D eigenvalue weighted by molar-refractivity contribution is 0.0712. The van der Waals surface area contributed by atoms with Gasteiger partial charge in [0.2, 0.25) is 0 Å². The SMILES string of the molecule is O=C(c1cccs1)N1CCC[C@H](c2nccs2)C1. The average Bonchev–Trinajstić information content (AvgIpc) is 3.11. The molecule has 1 saturated heterocycles. The van der Waals surface area contributed by atoms with Gasteiger partial charge in [-0.2, -0.15) is 0 Å². The van der Waals surface area contributed by atoms with Crippen molar-refractivity contribution in [2.24, 2.45) is 0 Å². The third-order valence-corrected chi connectivity index (χ3v) is 5.04. The smallest absolute Gasteiger partial charge is 0.263 e. The minimum Gasteiger partial charge on any atom is -0.337 e. The first-order valence-electron chi connectivity index (χ1n) is 6.07. The lowest BCUT2D eigenvalue weighted by Gasteiger charge is -2.31. The normalized spacial score (nSPS) is 20.0. The van der Waals surface area contributed by atoms with Crippen molar-refractivity contribution in [3.8, 4) is 0 Å². The van der Waals surface area contributed by atoms with Crippen molar-refractivity contribution in [2.75, 3.05) is 13.1 Å². The minimum atomic E-state index is 0.172. The van der Waals surface area contributed by atoms with Gasteiger partial charge in [-0.3, -0.25) is 4.79 Å². The summed E-state index contributed by atoms with van der Waals surface area (Å²) in [5.41, 5.74) is 0. The van der Waals surface area contributed by atoms with Crippen molar-refractivity contribution < 1.29 is 4.79 Å². The number of likely N-dealkylation sites (tertiary alicyclic amines) is 1. The number of thiophene rings is 1. The molecule has 0 aliphatic carbocycles. The van der Waals surface area contributed by atoms with Crippen LogP contribution in [0.3, 0.4) is 0 Å². The number of aromatic nitrogens is 1. The molecule has 0 spiro atoms. The van der Waals surface area contributed by atoms with Crippen LogP contribution >= 0.6 is 22.7 Å². The van der Waals surface area contributed by atoms with Gasteiger partial charge in [0.25, 0.3) is 5.91 Å². The standard InChI is InChI=1S/C13H14N2OS2/c16-13(11-4-2-7-17-11)15-6-1-3-10(9-15)12-14-5-8-18-12/h2,4-5,7-8,10H,1,3,6,9H2/t10-/m0/s1. The number of thiazole rings is 1. The van der Waals surface area contributed by atoms with Gasteiger partial charge in [-0.05, 0) is 24.3 Å². The van der Waals surface area contributed by atoms with E-state index in [4.69, 9.17) is 0 Å². The molecule has 5 heteroatoms. The molecule has 2 aromatic rings. The molecular formula is C13H14N2OS2. The van der Waals surface area contributed by atoms with E-state index in [2.05, 4.69) is 4.98 Å². The summed E-state index contributed by atoms with van der Waals surface area (Å²) in [4.78, 5) is 19.5. The van der Waals surface area contributed by atoms with Gasteiger partial charge in [-0.15, -0.1) is 22.7 Å². The molecule has 0 N–H and O–H groups in total. The van der Waals surface area contributed by atoms with E-state index in [9.17, 15) is 4.79 Å². The van der Waals surface area contributed by atoms with Gasteiger partial charge in [0, 0.05) is 30.6 Å². The van der Waals surface area contributed by atoms with Gasteiger partial charge in [0.05, 0.1) is 9.88 Å². The van der Waals surface area contributed by atoms with E-state index in [0.29, 0.717) is 5.92 Å². The highest BCUT2D eigenvalue weighted by Gasteiger charge is 2.27. The second kappa shape index (κ2) is 5.20. The van der Waals surface area contributed by atoms with Gasteiger partial charge < -0.3 is 4.90 Å². The molecule has 0 radical (unpaired) electrons. The third kappa shape index (κ3) is 2.33. The number of rotatable bonds is 2. The maximum atomic E-state index is 12.3. The highest BCUT2D eigenvalue weighted by atomic mass is 32.1. The molecule has 0 aromatic carbocycles. The largest absolute Gasteiger partial charge is 0.337 e. The van der Waals surface area contributed by atoms with Crippen molar-refractivity contribution in [2.45, 2.75) is 18.8 Å². The number of amides is 1. The summed E-state index contributed by atoms with van der Waals surface area (Å²) in [6, 6.07) is 3.83. The molecule has 0 bridgehead atoms. The molecule has 1 aliphatic rings. The van der Waals surface area contributed by atoms with Crippen LogP contribution in [-0.2, 0) is 0 Å². The number of piperidine rings is 1. The summed E-state index contributed by atoms with van der Waals surface area (Å²) in [5, 5.41) is 5.13. The number of hydrogen-bond acceptors (Lipinski definition) is 4. The van der Waals surface area contributed by atoms with Gasteiger partial charge in [-0.1, -0.05) is 6.07 Å². The van der Waals surface area contributed by atoms with Crippen molar-refractivity contribution in [1.29, 1.82) is 0 Å². The first kappa shape index (κ1) is 11.9. The number of hydrogen-bond donors (Lipinski definition) is 0. The monoisotopic (exact) mass is 278 g/mol. The van der Waals surface area contributed by atoms with Crippen LogP contribution in [0.4, 0.5) is 0 Å². The Morgan fingerprint density at radius 3 is 3.06 bits per heavy atom. The van der Waals surface area contributed by atoms with E-state index < -0.39 is 0 Å². The molecule has 0 unspecified atom stereocenters. The third-order valence-electron chi connectivity index (χ3n) is 3.24. The molecule has 1 amide bonds. The van der Waals surface area contributed by atoms with Gasteiger partial charge in [-0.25, -0.2) is 4.98 Å². The fourth-order valence-electron chi connectivity index (χ4n) is 2.36. The van der Waals surface area contributed by atoms with E-state index in [0.717, 1.165) is 30.8 Å². The van der Waals surface area contributed by atoms with Crippen molar-refractivity contribution in [1.82, 2.24) is 9.88 Å². The van der Waals surface area contributed by atoms with Crippen LogP contribution in [0.15, 0.2) is 29.1 Å². The van der Waals surface area contributed by atoms with Crippen LogP contribution in [0.5, 0.6) is 0 Å². The summed E-state index contributed by atoms with van der Waals surface area (Å²) < 4.78 is 0. The Labute approximate surface area is 114 Å². The molecule has 2 aromatic heterocycles. The second-order valence-corrected chi connectivity index (χ2v) is 6.31. The highest BCUT2D eigenvalue weighted by molar-refractivity contribution is 7.12. The molecule has 3 rings (SSSR count). The Morgan fingerprint density at radius 2 is 2.33 bits per heavy atom. The fourth-order valence-corrected chi connectivity index (χ4v) is 3.81. The molecule has 3 heterocycles. The van der Waals surface area contributed by atoms with Crippen molar-refractivity contribution >= 4 is 28.6 Å². The van der Waals surface area contributed by atoms with Crippen molar-refractivity contribution in [3.63, 3.8) is 0 Å². The van der Waals surface area contributed by atoms with E-state index >= 15 is 0 Å².